The third-order valence-electron chi connectivity index (χ3n) is 5.52. The fourth-order valence-electron chi connectivity index (χ4n) is 4.07. The Morgan fingerprint density at radius 2 is 1.85 bits per heavy atom. The van der Waals surface area contributed by atoms with E-state index in [9.17, 15) is 24.3 Å². The van der Waals surface area contributed by atoms with E-state index < -0.39 is 42.4 Å². The van der Waals surface area contributed by atoms with Crippen molar-refractivity contribution in [1.82, 2.24) is 4.90 Å². The van der Waals surface area contributed by atoms with Gasteiger partial charge in [0.2, 0.25) is 5.91 Å². The molecule has 0 aromatic heterocycles. The molecule has 2 unspecified atom stereocenters. The molecule has 0 saturated heterocycles. The molecular formula is C24H26N2O7. The first kappa shape index (κ1) is 24.1. The zero-order valence-electron chi connectivity index (χ0n) is 18.6. The van der Waals surface area contributed by atoms with E-state index in [1.54, 1.807) is 19.1 Å². The van der Waals surface area contributed by atoms with E-state index in [4.69, 9.17) is 9.84 Å². The zero-order valence-corrected chi connectivity index (χ0v) is 18.6. The maximum absolute atomic E-state index is 13.4. The number of hydrogen-bond acceptors (Lipinski definition) is 6. The summed E-state index contributed by atoms with van der Waals surface area (Å²) in [6.45, 7) is 4.69. The number of carbonyl (C=O) groups excluding carboxylic acids is 3. The van der Waals surface area contributed by atoms with Crippen molar-refractivity contribution >= 4 is 29.4 Å². The van der Waals surface area contributed by atoms with Gasteiger partial charge in [-0.15, -0.1) is 0 Å². The van der Waals surface area contributed by atoms with Gasteiger partial charge in [-0.3, -0.25) is 19.2 Å². The van der Waals surface area contributed by atoms with Gasteiger partial charge in [-0.25, -0.2) is 4.90 Å². The minimum atomic E-state index is -1.41. The van der Waals surface area contributed by atoms with Gasteiger partial charge in [0, 0.05) is 6.61 Å². The first-order valence-electron chi connectivity index (χ1n) is 10.6. The van der Waals surface area contributed by atoms with Crippen molar-refractivity contribution in [2.75, 3.05) is 18.5 Å². The second kappa shape index (κ2) is 9.93. The molecule has 2 aromatic rings. The molecule has 0 aliphatic carbocycles. The maximum atomic E-state index is 13.4. The lowest BCUT2D eigenvalue weighted by molar-refractivity contribution is -0.146. The second-order valence-electron chi connectivity index (χ2n) is 7.63. The van der Waals surface area contributed by atoms with Crippen LogP contribution in [0, 0.1) is 6.92 Å². The quantitative estimate of drug-likeness (QED) is 0.495. The molecule has 174 valence electrons. The Morgan fingerprint density at radius 1 is 1.12 bits per heavy atom. The molecule has 9 heteroatoms. The molecule has 1 heterocycles. The molecule has 0 radical (unpaired) electrons. The van der Waals surface area contributed by atoms with Crippen molar-refractivity contribution in [3.63, 3.8) is 0 Å². The number of benzene rings is 2. The smallest absolute Gasteiger partial charge is 0.315 e. The molecule has 0 bridgehead atoms. The molecule has 3 amide bonds. The topological polar surface area (TPSA) is 133 Å². The van der Waals surface area contributed by atoms with Gasteiger partial charge in [0.1, 0.15) is 12.5 Å². The number of carboxylic acids is 1. The van der Waals surface area contributed by atoms with Crippen LogP contribution in [0.3, 0.4) is 0 Å². The van der Waals surface area contributed by atoms with Crippen LogP contribution in [0.5, 0.6) is 0 Å². The number of aliphatic carboxylic acids is 1. The van der Waals surface area contributed by atoms with E-state index in [0.717, 1.165) is 16.0 Å². The summed E-state index contributed by atoms with van der Waals surface area (Å²) in [6, 6.07) is 9.68. The number of rotatable bonds is 9. The summed E-state index contributed by atoms with van der Waals surface area (Å²) in [5.74, 6) is -4.81. The lowest BCUT2D eigenvalue weighted by Gasteiger charge is -2.32. The Labute approximate surface area is 191 Å². The minimum absolute atomic E-state index is 0.0178. The first-order chi connectivity index (χ1) is 15.7. The molecule has 0 spiro atoms. The number of aliphatic hydroxyl groups excluding tert-OH is 1. The maximum Gasteiger partial charge on any atom is 0.315 e. The van der Waals surface area contributed by atoms with Gasteiger partial charge in [-0.05, 0) is 43.5 Å². The van der Waals surface area contributed by atoms with Crippen LogP contribution in [0.2, 0.25) is 0 Å². The number of aryl methyl sites for hydroxylation is 2. The van der Waals surface area contributed by atoms with Crippen LogP contribution >= 0.6 is 0 Å². The molecule has 2 atom stereocenters. The standard InChI is InChI=1S/C24H26N2O7/c1-4-14-11-13(3)9-10-15(14)20(24(31)32)23(33-5-2)26-21(29)16-7-6-8-17(19(16)22(26)30)25-18(28)12-27/h6-11,20,23,27H,4-5,12H2,1-3H3,(H,25,28)(H,31,32). The number of fused-ring (bicyclic) bond motifs is 1. The second-order valence-corrected chi connectivity index (χ2v) is 7.63. The van der Waals surface area contributed by atoms with Crippen LogP contribution in [-0.4, -0.2) is 58.2 Å². The van der Waals surface area contributed by atoms with Crippen LogP contribution < -0.4 is 5.32 Å². The van der Waals surface area contributed by atoms with Crippen LogP contribution in [-0.2, 0) is 20.7 Å². The summed E-state index contributed by atoms with van der Waals surface area (Å²) >= 11 is 0. The predicted molar refractivity (Wildman–Crippen MR) is 119 cm³/mol. The van der Waals surface area contributed by atoms with E-state index in [2.05, 4.69) is 5.32 Å². The zero-order chi connectivity index (χ0) is 24.3. The van der Waals surface area contributed by atoms with Gasteiger partial charge >= 0.3 is 5.97 Å². The van der Waals surface area contributed by atoms with Gasteiger partial charge in [0.05, 0.1) is 16.8 Å². The highest BCUT2D eigenvalue weighted by Crippen LogP contribution is 2.36. The number of ether oxygens (including phenoxy) is 1. The Balaban J connectivity index is 2.12. The lowest BCUT2D eigenvalue weighted by atomic mass is 9.89. The van der Waals surface area contributed by atoms with E-state index in [1.807, 2.05) is 19.9 Å². The van der Waals surface area contributed by atoms with E-state index >= 15 is 0 Å². The normalized spacial score (nSPS) is 14.7. The molecular weight excluding hydrogens is 428 g/mol. The van der Waals surface area contributed by atoms with Gasteiger partial charge < -0.3 is 20.3 Å². The van der Waals surface area contributed by atoms with Gasteiger partial charge in [-0.2, -0.15) is 0 Å². The average molecular weight is 454 g/mol. The molecule has 3 rings (SSSR count). The number of carboxylic acid groups (broad SMARTS) is 1. The summed E-state index contributed by atoms with van der Waals surface area (Å²) < 4.78 is 5.72. The van der Waals surface area contributed by atoms with Crippen molar-refractivity contribution in [3.8, 4) is 0 Å². The van der Waals surface area contributed by atoms with Crippen LogP contribution in [0.4, 0.5) is 5.69 Å². The number of carbonyl (C=O) groups is 4. The average Bonchev–Trinajstić information content (AvgIpc) is 3.04. The Bertz CT molecular complexity index is 1110. The highest BCUT2D eigenvalue weighted by molar-refractivity contribution is 6.24. The number of amides is 3. The van der Waals surface area contributed by atoms with Crippen LogP contribution in [0.15, 0.2) is 36.4 Å². The Kier molecular flexibility index (Phi) is 7.25. The number of anilines is 1. The Morgan fingerprint density at radius 3 is 2.45 bits per heavy atom. The Hall–Kier alpha value is -3.56. The minimum Gasteiger partial charge on any atom is -0.481 e. The summed E-state index contributed by atoms with van der Waals surface area (Å²) in [6.07, 6.45) is -0.853. The van der Waals surface area contributed by atoms with Crippen molar-refractivity contribution < 1.29 is 34.1 Å². The molecule has 0 saturated carbocycles. The molecule has 1 aliphatic rings. The summed E-state index contributed by atoms with van der Waals surface area (Å²) in [5, 5.41) is 21.6. The van der Waals surface area contributed by atoms with Gasteiger partial charge in [0.25, 0.3) is 11.8 Å². The molecule has 3 N–H and O–H groups in total. The van der Waals surface area contributed by atoms with Crippen molar-refractivity contribution in [2.45, 2.75) is 39.3 Å². The SMILES string of the molecule is CCOC(C(C(=O)O)c1ccc(C)cc1CC)N1C(=O)c2cccc(NC(=O)CO)c2C1=O. The van der Waals surface area contributed by atoms with E-state index in [0.29, 0.717) is 12.0 Å². The van der Waals surface area contributed by atoms with Gasteiger partial charge in [0.15, 0.2) is 6.23 Å². The number of aliphatic hydroxyl groups is 1. The van der Waals surface area contributed by atoms with Crippen LogP contribution in [0.25, 0.3) is 0 Å². The van der Waals surface area contributed by atoms with Crippen molar-refractivity contribution in [2.24, 2.45) is 0 Å². The molecule has 1 aliphatic heterocycles. The molecule has 9 nitrogen and oxygen atoms in total. The first-order valence-corrected chi connectivity index (χ1v) is 10.6. The summed E-state index contributed by atoms with van der Waals surface area (Å²) in [5.41, 5.74) is 2.19. The predicted octanol–water partition coefficient (Wildman–Crippen LogP) is 2.32. The van der Waals surface area contributed by atoms with Crippen LogP contribution in [0.1, 0.15) is 57.2 Å². The third-order valence-corrected chi connectivity index (χ3v) is 5.52. The number of hydrogen-bond donors (Lipinski definition) is 3. The summed E-state index contributed by atoms with van der Waals surface area (Å²) in [4.78, 5) is 51.6. The monoisotopic (exact) mass is 454 g/mol. The van der Waals surface area contributed by atoms with Crippen molar-refractivity contribution in [3.05, 3.63) is 64.2 Å². The van der Waals surface area contributed by atoms with Gasteiger partial charge in [-0.1, -0.05) is 36.8 Å². The fourth-order valence-corrected chi connectivity index (χ4v) is 4.07. The van der Waals surface area contributed by atoms with E-state index in [1.165, 1.54) is 18.2 Å². The van der Waals surface area contributed by atoms with E-state index in [-0.39, 0.29) is 23.4 Å². The largest absolute Gasteiger partial charge is 0.481 e. The third kappa shape index (κ3) is 4.50. The molecule has 2 aromatic carbocycles. The molecule has 0 fully saturated rings. The molecule has 33 heavy (non-hydrogen) atoms. The highest BCUT2D eigenvalue weighted by atomic mass is 16.5. The number of imide groups is 1. The van der Waals surface area contributed by atoms with Crippen molar-refractivity contribution in [1.29, 1.82) is 0 Å². The number of nitrogens with zero attached hydrogens (tertiary/aromatic N) is 1. The highest BCUT2D eigenvalue weighted by Gasteiger charge is 2.47. The lowest BCUT2D eigenvalue weighted by Crippen LogP contribution is -2.47. The fraction of sp³-hybridized carbons (Fsp3) is 0.333. The summed E-state index contributed by atoms with van der Waals surface area (Å²) in [7, 11) is 0. The number of nitrogens with one attached hydrogen (secondary N) is 1.